The van der Waals surface area contributed by atoms with Crippen molar-refractivity contribution in [2.24, 2.45) is 0 Å². The van der Waals surface area contributed by atoms with Crippen molar-refractivity contribution in [1.29, 1.82) is 0 Å². The van der Waals surface area contributed by atoms with E-state index in [1.54, 1.807) is 23.1 Å². The summed E-state index contributed by atoms with van der Waals surface area (Å²) in [5.41, 5.74) is 1.82. The van der Waals surface area contributed by atoms with E-state index >= 15 is 0 Å². The molecule has 0 radical (unpaired) electrons. The molecule has 28 heavy (non-hydrogen) atoms. The zero-order valence-electron chi connectivity index (χ0n) is 15.4. The third-order valence-electron chi connectivity index (χ3n) is 4.07. The van der Waals surface area contributed by atoms with Gasteiger partial charge < -0.3 is 9.64 Å². The fraction of sp³-hybridized carbons (Fsp3) is 0.190. The number of para-hydroxylation sites is 1. The number of amides is 1. The first kappa shape index (κ1) is 20.0. The van der Waals surface area contributed by atoms with Gasteiger partial charge in [0.1, 0.15) is 0 Å². The molecule has 0 bridgehead atoms. The number of ether oxygens (including phenoxy) is 1. The lowest BCUT2D eigenvalue weighted by molar-refractivity contribution is -0.134. The lowest BCUT2D eigenvalue weighted by Gasteiger charge is -2.20. The molecule has 0 aliphatic rings. The van der Waals surface area contributed by atoms with Gasteiger partial charge >= 0.3 is 5.97 Å². The Balaban J connectivity index is 1.70. The van der Waals surface area contributed by atoms with Crippen LogP contribution in [0.4, 0.5) is 0 Å². The van der Waals surface area contributed by atoms with Gasteiger partial charge in [-0.3, -0.25) is 9.78 Å². The summed E-state index contributed by atoms with van der Waals surface area (Å²) < 4.78 is 5.97. The number of benzene rings is 1. The van der Waals surface area contributed by atoms with Gasteiger partial charge in [0.25, 0.3) is 5.91 Å². The Morgan fingerprint density at radius 3 is 2.79 bits per heavy atom. The predicted molar refractivity (Wildman–Crippen MR) is 112 cm³/mol. The summed E-state index contributed by atoms with van der Waals surface area (Å²) in [5, 5.41) is 0.696. The lowest BCUT2D eigenvalue weighted by Crippen LogP contribution is -2.34. The van der Waals surface area contributed by atoms with Crippen molar-refractivity contribution >= 4 is 45.7 Å². The highest BCUT2D eigenvalue weighted by Gasteiger charge is 2.18. The van der Waals surface area contributed by atoms with Crippen LogP contribution >= 0.6 is 22.9 Å². The van der Waals surface area contributed by atoms with Crippen molar-refractivity contribution in [2.45, 2.75) is 13.5 Å². The van der Waals surface area contributed by atoms with Crippen LogP contribution in [0.15, 0.2) is 55.1 Å². The van der Waals surface area contributed by atoms with Gasteiger partial charge in [0, 0.05) is 22.5 Å². The number of hydrogen-bond donors (Lipinski definition) is 0. The molecule has 3 rings (SSSR count). The monoisotopic (exact) mass is 414 g/mol. The van der Waals surface area contributed by atoms with E-state index in [0.717, 1.165) is 4.88 Å². The van der Waals surface area contributed by atoms with Crippen LogP contribution in [0, 0.1) is 6.92 Å². The average molecular weight is 415 g/mol. The number of rotatable bonds is 7. The Morgan fingerprint density at radius 1 is 1.29 bits per heavy atom. The molecule has 0 saturated carbocycles. The molecule has 2 aromatic heterocycles. The van der Waals surface area contributed by atoms with Crippen LogP contribution in [-0.2, 0) is 16.1 Å². The van der Waals surface area contributed by atoms with Crippen molar-refractivity contribution in [3.05, 3.63) is 75.6 Å². The maximum Gasteiger partial charge on any atom is 0.339 e. The molecule has 0 aliphatic heterocycles. The van der Waals surface area contributed by atoms with Crippen molar-refractivity contribution in [3.8, 4) is 0 Å². The molecule has 0 spiro atoms. The van der Waals surface area contributed by atoms with Crippen LogP contribution in [0.25, 0.3) is 10.9 Å². The van der Waals surface area contributed by atoms with Crippen molar-refractivity contribution < 1.29 is 14.3 Å². The number of nitrogens with zero attached hydrogens (tertiary/aromatic N) is 2. The SMILES string of the molecule is C=CCN(Cc1ccc(Cl)s1)C(=O)COC(=O)c1cc(C)nc2ccccc12. The highest BCUT2D eigenvalue weighted by Crippen LogP contribution is 2.23. The van der Waals surface area contributed by atoms with Crippen LogP contribution in [0.1, 0.15) is 20.9 Å². The standard InChI is InChI=1S/C21H19ClN2O3S/c1-3-10-24(12-15-8-9-19(22)28-15)20(25)13-27-21(26)17-11-14(2)23-18-7-5-4-6-16(17)18/h3-9,11H,1,10,12-13H2,2H3. The van der Waals surface area contributed by atoms with Crippen molar-refractivity contribution in [2.75, 3.05) is 13.2 Å². The van der Waals surface area contributed by atoms with Crippen molar-refractivity contribution in [1.82, 2.24) is 9.88 Å². The van der Waals surface area contributed by atoms with E-state index in [0.29, 0.717) is 39.6 Å². The zero-order chi connectivity index (χ0) is 20.1. The second-order valence-electron chi connectivity index (χ2n) is 6.17. The first-order valence-corrected chi connectivity index (χ1v) is 9.84. The van der Waals surface area contributed by atoms with Gasteiger partial charge in [-0.2, -0.15) is 0 Å². The van der Waals surface area contributed by atoms with E-state index in [4.69, 9.17) is 16.3 Å². The van der Waals surface area contributed by atoms with Crippen LogP contribution in [0.2, 0.25) is 4.34 Å². The Kier molecular flexibility index (Phi) is 6.44. The Morgan fingerprint density at radius 2 is 2.07 bits per heavy atom. The van der Waals surface area contributed by atoms with Crippen LogP contribution in [-0.4, -0.2) is 34.9 Å². The number of aryl methyl sites for hydroxylation is 1. The predicted octanol–water partition coefficient (Wildman–Crippen LogP) is 4.63. The third kappa shape index (κ3) is 4.77. The molecule has 5 nitrogen and oxygen atoms in total. The molecule has 0 N–H and O–H groups in total. The zero-order valence-corrected chi connectivity index (χ0v) is 16.9. The minimum Gasteiger partial charge on any atom is -0.452 e. The first-order chi connectivity index (χ1) is 13.5. The number of fused-ring (bicyclic) bond motifs is 1. The van der Waals surface area contributed by atoms with E-state index in [1.807, 2.05) is 37.3 Å². The van der Waals surface area contributed by atoms with Crippen LogP contribution < -0.4 is 0 Å². The number of pyridine rings is 1. The highest BCUT2D eigenvalue weighted by molar-refractivity contribution is 7.16. The largest absolute Gasteiger partial charge is 0.452 e. The second-order valence-corrected chi connectivity index (χ2v) is 7.97. The van der Waals surface area contributed by atoms with Crippen molar-refractivity contribution in [3.63, 3.8) is 0 Å². The maximum atomic E-state index is 12.6. The molecule has 3 aromatic rings. The number of carbonyl (C=O) groups is 2. The summed E-state index contributed by atoms with van der Waals surface area (Å²) in [6, 6.07) is 12.7. The average Bonchev–Trinajstić information content (AvgIpc) is 3.09. The fourth-order valence-electron chi connectivity index (χ4n) is 2.81. The molecule has 0 saturated heterocycles. The quantitative estimate of drug-likeness (QED) is 0.417. The normalized spacial score (nSPS) is 10.6. The Bertz CT molecular complexity index is 1030. The number of halogens is 1. The topological polar surface area (TPSA) is 59.5 Å². The highest BCUT2D eigenvalue weighted by atomic mass is 35.5. The summed E-state index contributed by atoms with van der Waals surface area (Å²) in [7, 11) is 0. The third-order valence-corrected chi connectivity index (χ3v) is 5.28. The number of carbonyl (C=O) groups excluding carboxylic acids is 2. The number of esters is 1. The summed E-state index contributed by atoms with van der Waals surface area (Å²) >= 11 is 7.36. The fourth-order valence-corrected chi connectivity index (χ4v) is 3.91. The molecule has 2 heterocycles. The lowest BCUT2D eigenvalue weighted by atomic mass is 10.1. The molecule has 0 unspecified atom stereocenters. The second kappa shape index (κ2) is 8.99. The van der Waals surface area contributed by atoms with E-state index in [1.165, 1.54) is 11.3 Å². The summed E-state index contributed by atoms with van der Waals surface area (Å²) in [6.07, 6.45) is 1.63. The molecular formula is C21H19ClN2O3S. The van der Waals surface area contributed by atoms with Crippen LogP contribution in [0.5, 0.6) is 0 Å². The van der Waals surface area contributed by atoms with Gasteiger partial charge in [-0.1, -0.05) is 35.9 Å². The van der Waals surface area contributed by atoms with E-state index in [9.17, 15) is 9.59 Å². The van der Waals surface area contributed by atoms with Gasteiger partial charge in [-0.15, -0.1) is 17.9 Å². The van der Waals surface area contributed by atoms with E-state index in [-0.39, 0.29) is 12.5 Å². The summed E-state index contributed by atoms with van der Waals surface area (Å²) in [5.74, 6) is -0.847. The molecule has 1 aromatic carbocycles. The first-order valence-electron chi connectivity index (χ1n) is 8.64. The van der Waals surface area contributed by atoms with Crippen LogP contribution in [0.3, 0.4) is 0 Å². The van der Waals surface area contributed by atoms with Gasteiger partial charge in [0.15, 0.2) is 6.61 Å². The molecular weight excluding hydrogens is 396 g/mol. The Hall–Kier alpha value is -2.70. The smallest absolute Gasteiger partial charge is 0.339 e. The number of thiophene rings is 1. The molecule has 0 fully saturated rings. The molecule has 0 aliphatic carbocycles. The summed E-state index contributed by atoms with van der Waals surface area (Å²) in [6.45, 7) is 5.89. The van der Waals surface area contributed by atoms with Gasteiger partial charge in [-0.05, 0) is 31.2 Å². The van der Waals surface area contributed by atoms with E-state index in [2.05, 4.69) is 11.6 Å². The van der Waals surface area contributed by atoms with Gasteiger partial charge in [0.05, 0.1) is 22.0 Å². The number of aromatic nitrogens is 1. The minimum atomic E-state index is -0.548. The molecule has 7 heteroatoms. The van der Waals surface area contributed by atoms with E-state index < -0.39 is 5.97 Å². The van der Waals surface area contributed by atoms with Gasteiger partial charge in [-0.25, -0.2) is 4.79 Å². The van der Waals surface area contributed by atoms with Gasteiger partial charge in [0.2, 0.25) is 0 Å². The number of hydrogen-bond acceptors (Lipinski definition) is 5. The maximum absolute atomic E-state index is 12.6. The Labute approximate surface area is 172 Å². The molecule has 1 amide bonds. The summed E-state index contributed by atoms with van der Waals surface area (Å²) in [4.78, 5) is 32.1. The minimum absolute atomic E-state index is 0.298. The molecule has 0 atom stereocenters. The molecule has 144 valence electrons.